The maximum atomic E-state index is 5.91. The van der Waals surface area contributed by atoms with Crippen LogP contribution in [0.2, 0.25) is 5.02 Å². The van der Waals surface area contributed by atoms with Crippen LogP contribution in [0.15, 0.2) is 30.6 Å². The Balaban J connectivity index is 1.78. The Labute approximate surface area is 106 Å². The van der Waals surface area contributed by atoms with Gasteiger partial charge in [-0.3, -0.25) is 4.68 Å². The molecule has 2 rings (SSSR count). The van der Waals surface area contributed by atoms with E-state index in [0.717, 1.165) is 24.7 Å². The fraction of sp³-hybridized carbons (Fsp3) is 0.333. The van der Waals surface area contributed by atoms with Gasteiger partial charge in [-0.2, -0.15) is 0 Å². The summed E-state index contributed by atoms with van der Waals surface area (Å²) >= 11 is 5.91. The van der Waals surface area contributed by atoms with E-state index in [1.165, 1.54) is 11.1 Å². The average molecular weight is 251 g/mol. The number of aryl methyl sites for hydroxylation is 1. The fourth-order valence-corrected chi connectivity index (χ4v) is 1.85. The minimum atomic E-state index is 0.786. The zero-order valence-electron chi connectivity index (χ0n) is 9.73. The van der Waals surface area contributed by atoms with Gasteiger partial charge in [-0.25, -0.2) is 0 Å². The largest absolute Gasteiger partial charge is 0.311 e. The fourth-order valence-electron chi connectivity index (χ4n) is 1.63. The number of hydrogen-bond donors (Lipinski definition) is 1. The van der Waals surface area contributed by atoms with E-state index in [-0.39, 0.29) is 0 Å². The van der Waals surface area contributed by atoms with E-state index in [0.29, 0.717) is 0 Å². The molecule has 1 aromatic heterocycles. The number of hydrogen-bond acceptors (Lipinski definition) is 3. The van der Waals surface area contributed by atoms with Crippen LogP contribution >= 0.6 is 11.6 Å². The van der Waals surface area contributed by atoms with Crippen molar-refractivity contribution in [1.29, 1.82) is 0 Å². The lowest BCUT2D eigenvalue weighted by molar-refractivity contribution is 0.540. The van der Waals surface area contributed by atoms with Gasteiger partial charge in [-0.15, -0.1) is 5.10 Å². The van der Waals surface area contributed by atoms with Crippen LogP contribution in [0.5, 0.6) is 0 Å². The van der Waals surface area contributed by atoms with Crippen molar-refractivity contribution >= 4 is 11.6 Å². The SMILES string of the molecule is Cc1cc(Cl)ccc1CNCCn1ccnn1. The first-order chi connectivity index (χ1) is 8.25. The van der Waals surface area contributed by atoms with E-state index >= 15 is 0 Å². The van der Waals surface area contributed by atoms with Crippen molar-refractivity contribution in [2.24, 2.45) is 0 Å². The zero-order chi connectivity index (χ0) is 12.1. The summed E-state index contributed by atoms with van der Waals surface area (Å²) in [5.41, 5.74) is 2.48. The Morgan fingerprint density at radius 3 is 3.00 bits per heavy atom. The van der Waals surface area contributed by atoms with Crippen LogP contribution in [0.25, 0.3) is 0 Å². The molecule has 0 saturated heterocycles. The third kappa shape index (κ3) is 3.54. The number of nitrogens with one attached hydrogen (secondary N) is 1. The maximum Gasteiger partial charge on any atom is 0.0692 e. The maximum absolute atomic E-state index is 5.91. The van der Waals surface area contributed by atoms with Gasteiger partial charge >= 0.3 is 0 Å². The summed E-state index contributed by atoms with van der Waals surface area (Å²) in [4.78, 5) is 0. The highest BCUT2D eigenvalue weighted by molar-refractivity contribution is 6.30. The zero-order valence-corrected chi connectivity index (χ0v) is 10.5. The minimum absolute atomic E-state index is 0.786. The van der Waals surface area contributed by atoms with Crippen LogP contribution in [0.1, 0.15) is 11.1 Å². The molecular weight excluding hydrogens is 236 g/mol. The second-order valence-corrected chi connectivity index (χ2v) is 4.35. The molecule has 4 nitrogen and oxygen atoms in total. The van der Waals surface area contributed by atoms with Crippen LogP contribution < -0.4 is 5.32 Å². The van der Waals surface area contributed by atoms with E-state index < -0.39 is 0 Å². The predicted molar refractivity (Wildman–Crippen MR) is 67.9 cm³/mol. The monoisotopic (exact) mass is 250 g/mol. The second-order valence-electron chi connectivity index (χ2n) is 3.91. The highest BCUT2D eigenvalue weighted by Gasteiger charge is 1.99. The summed E-state index contributed by atoms with van der Waals surface area (Å²) in [5, 5.41) is 11.8. The summed E-state index contributed by atoms with van der Waals surface area (Å²) in [7, 11) is 0. The molecule has 0 aliphatic heterocycles. The third-order valence-corrected chi connectivity index (χ3v) is 2.84. The molecule has 0 spiro atoms. The molecule has 0 fully saturated rings. The van der Waals surface area contributed by atoms with Crippen LogP contribution in [-0.4, -0.2) is 21.5 Å². The van der Waals surface area contributed by atoms with Crippen LogP contribution in [0.3, 0.4) is 0 Å². The van der Waals surface area contributed by atoms with Gasteiger partial charge in [0.1, 0.15) is 0 Å². The lowest BCUT2D eigenvalue weighted by atomic mass is 10.1. The van der Waals surface area contributed by atoms with Gasteiger partial charge in [0.2, 0.25) is 0 Å². The van der Waals surface area contributed by atoms with Crippen molar-refractivity contribution in [3.05, 3.63) is 46.7 Å². The molecule has 0 atom stereocenters. The lowest BCUT2D eigenvalue weighted by Gasteiger charge is -2.08. The molecular formula is C12H15ClN4. The molecule has 0 unspecified atom stereocenters. The quantitative estimate of drug-likeness (QED) is 0.826. The summed E-state index contributed by atoms with van der Waals surface area (Å²) in [6.07, 6.45) is 3.54. The molecule has 0 aliphatic carbocycles. The van der Waals surface area contributed by atoms with Gasteiger partial charge in [0.25, 0.3) is 0 Å². The number of halogens is 1. The van der Waals surface area contributed by atoms with E-state index in [4.69, 9.17) is 11.6 Å². The Bertz CT molecular complexity index is 467. The molecule has 0 amide bonds. The van der Waals surface area contributed by atoms with Gasteiger partial charge in [0.05, 0.1) is 12.7 Å². The van der Waals surface area contributed by atoms with E-state index in [1.807, 2.05) is 23.0 Å². The first-order valence-corrected chi connectivity index (χ1v) is 5.93. The Morgan fingerprint density at radius 2 is 2.29 bits per heavy atom. The summed E-state index contributed by atoms with van der Waals surface area (Å²) in [6, 6.07) is 5.96. The molecule has 5 heteroatoms. The van der Waals surface area contributed by atoms with Crippen LogP contribution in [0.4, 0.5) is 0 Å². The van der Waals surface area contributed by atoms with Crippen molar-refractivity contribution < 1.29 is 0 Å². The summed E-state index contributed by atoms with van der Waals surface area (Å²) in [5.74, 6) is 0. The predicted octanol–water partition coefficient (Wildman–Crippen LogP) is 2.03. The molecule has 90 valence electrons. The van der Waals surface area contributed by atoms with Gasteiger partial charge in [-0.05, 0) is 30.2 Å². The number of nitrogens with zero attached hydrogens (tertiary/aromatic N) is 3. The molecule has 1 heterocycles. The van der Waals surface area contributed by atoms with Crippen molar-refractivity contribution in [3.8, 4) is 0 Å². The number of aromatic nitrogens is 3. The third-order valence-electron chi connectivity index (χ3n) is 2.61. The Morgan fingerprint density at radius 1 is 1.41 bits per heavy atom. The van der Waals surface area contributed by atoms with E-state index in [9.17, 15) is 0 Å². The summed E-state index contributed by atoms with van der Waals surface area (Å²) < 4.78 is 1.81. The highest BCUT2D eigenvalue weighted by atomic mass is 35.5. The van der Waals surface area contributed by atoms with Crippen LogP contribution in [0, 0.1) is 6.92 Å². The minimum Gasteiger partial charge on any atom is -0.311 e. The molecule has 0 aliphatic rings. The lowest BCUT2D eigenvalue weighted by Crippen LogP contribution is -2.20. The molecule has 0 saturated carbocycles. The summed E-state index contributed by atoms with van der Waals surface area (Å²) in [6.45, 7) is 4.61. The molecule has 1 aromatic carbocycles. The normalized spacial score (nSPS) is 10.7. The van der Waals surface area contributed by atoms with Crippen molar-refractivity contribution in [2.75, 3.05) is 6.54 Å². The standard InChI is InChI=1S/C12H15ClN4/c1-10-8-12(13)3-2-11(10)9-14-4-6-17-7-5-15-16-17/h2-3,5,7-8,14H,4,6,9H2,1H3. The number of benzene rings is 1. The van der Waals surface area contributed by atoms with Gasteiger partial charge in [0, 0.05) is 24.3 Å². The van der Waals surface area contributed by atoms with Crippen molar-refractivity contribution in [1.82, 2.24) is 20.3 Å². The average Bonchev–Trinajstić information content (AvgIpc) is 2.79. The second kappa shape index (κ2) is 5.80. The van der Waals surface area contributed by atoms with E-state index in [1.54, 1.807) is 6.20 Å². The van der Waals surface area contributed by atoms with Gasteiger partial charge < -0.3 is 5.32 Å². The first-order valence-electron chi connectivity index (χ1n) is 5.55. The highest BCUT2D eigenvalue weighted by Crippen LogP contribution is 2.14. The van der Waals surface area contributed by atoms with Gasteiger partial charge in [-0.1, -0.05) is 22.9 Å². The number of rotatable bonds is 5. The van der Waals surface area contributed by atoms with Crippen molar-refractivity contribution in [2.45, 2.75) is 20.0 Å². The molecule has 17 heavy (non-hydrogen) atoms. The van der Waals surface area contributed by atoms with E-state index in [2.05, 4.69) is 28.6 Å². The Hall–Kier alpha value is -1.39. The molecule has 0 bridgehead atoms. The topological polar surface area (TPSA) is 42.7 Å². The first kappa shape index (κ1) is 12.1. The Kier molecular flexibility index (Phi) is 4.12. The molecule has 0 radical (unpaired) electrons. The van der Waals surface area contributed by atoms with Gasteiger partial charge in [0.15, 0.2) is 0 Å². The molecule has 1 N–H and O–H groups in total. The smallest absolute Gasteiger partial charge is 0.0692 e. The van der Waals surface area contributed by atoms with Crippen molar-refractivity contribution in [3.63, 3.8) is 0 Å². The molecule has 2 aromatic rings. The van der Waals surface area contributed by atoms with Crippen LogP contribution in [-0.2, 0) is 13.1 Å².